The number of nitrogens with one attached hydrogen (secondary N) is 3. The number of carbonyl (C=O) groups is 2. The van der Waals surface area contributed by atoms with Crippen LogP contribution in [-0.2, 0) is 11.3 Å². The lowest BCUT2D eigenvalue weighted by molar-refractivity contribution is -0.388. The summed E-state index contributed by atoms with van der Waals surface area (Å²) in [4.78, 5) is 42.7. The van der Waals surface area contributed by atoms with Crippen molar-refractivity contribution in [3.05, 3.63) is 86.1 Å². The second-order valence-electron chi connectivity index (χ2n) is 11.3. The number of ether oxygens (including phenoxy) is 1. The van der Waals surface area contributed by atoms with E-state index in [0.717, 1.165) is 43.2 Å². The molecular formula is C29H29N5O6S. The third-order valence-electron chi connectivity index (χ3n) is 8.70. The number of nitro benzene ring substituents is 1. The molecule has 2 fully saturated rings. The molecule has 3 aromatic rings. The van der Waals surface area contributed by atoms with E-state index in [1.165, 1.54) is 30.1 Å². The second kappa shape index (κ2) is 9.15. The van der Waals surface area contributed by atoms with E-state index in [-0.39, 0.29) is 28.1 Å². The van der Waals surface area contributed by atoms with Crippen LogP contribution in [0.15, 0.2) is 47.5 Å². The Hall–Kier alpha value is -3.71. The second-order valence-corrected chi connectivity index (χ2v) is 12.4. The Balaban J connectivity index is 1.31. The van der Waals surface area contributed by atoms with Gasteiger partial charge in [-0.3, -0.25) is 19.7 Å². The van der Waals surface area contributed by atoms with E-state index in [0.29, 0.717) is 17.4 Å². The van der Waals surface area contributed by atoms with Crippen LogP contribution in [-0.4, -0.2) is 57.2 Å². The molecule has 41 heavy (non-hydrogen) atoms. The number of aromatic nitrogens is 1. The van der Waals surface area contributed by atoms with Gasteiger partial charge in [-0.25, -0.2) is 4.31 Å². The summed E-state index contributed by atoms with van der Waals surface area (Å²) in [6, 6.07) is 11.2. The Morgan fingerprint density at radius 2 is 2.00 bits per heavy atom. The van der Waals surface area contributed by atoms with E-state index in [9.17, 15) is 24.8 Å². The average molecular weight is 576 g/mol. The van der Waals surface area contributed by atoms with Crippen molar-refractivity contribution in [2.24, 2.45) is 5.92 Å². The Kier molecular flexibility index (Phi) is 5.85. The standard InChI is InChI=1S/C29H29N5O6S/c1-15-12-19(15)17-6-7-20-22(14-17)40-29(37)24-18(4-3-5-21(24)34(38)39)26(35)28(20,29)32-27(36)25-16(2)13-23(31-25)41-33-10-8-30-9-11-33/h3-7,13-15,19,30-31,37H,8-12H2,1-2H3,(H,32,36)/t15?,19-,28?,29?/m0/s1. The van der Waals surface area contributed by atoms with Crippen LogP contribution in [0.25, 0.3) is 0 Å². The molecule has 212 valence electrons. The maximum absolute atomic E-state index is 14.2. The number of aromatic amines is 1. The summed E-state index contributed by atoms with van der Waals surface area (Å²) in [6.07, 6.45) is 1.01. The number of hydrogen-bond acceptors (Lipinski definition) is 9. The smallest absolute Gasteiger partial charge is 0.280 e. The first-order chi connectivity index (χ1) is 19.6. The van der Waals surface area contributed by atoms with Crippen molar-refractivity contribution in [1.82, 2.24) is 19.9 Å². The molecule has 0 bridgehead atoms. The first kappa shape index (κ1) is 26.2. The molecule has 2 aliphatic heterocycles. The van der Waals surface area contributed by atoms with Gasteiger partial charge in [-0.1, -0.05) is 31.2 Å². The summed E-state index contributed by atoms with van der Waals surface area (Å²) in [5, 5.41) is 31.2. The van der Waals surface area contributed by atoms with E-state index in [4.69, 9.17) is 4.74 Å². The Bertz CT molecular complexity index is 1630. The van der Waals surface area contributed by atoms with E-state index >= 15 is 0 Å². The summed E-state index contributed by atoms with van der Waals surface area (Å²) in [5.41, 5.74) is -0.751. The summed E-state index contributed by atoms with van der Waals surface area (Å²) in [7, 11) is 0. The summed E-state index contributed by atoms with van der Waals surface area (Å²) < 4.78 is 8.32. The third-order valence-corrected chi connectivity index (χ3v) is 9.74. The fourth-order valence-corrected chi connectivity index (χ4v) is 7.47. The maximum Gasteiger partial charge on any atom is 0.280 e. The number of rotatable bonds is 6. The van der Waals surface area contributed by atoms with Gasteiger partial charge in [0.2, 0.25) is 11.3 Å². The highest BCUT2D eigenvalue weighted by atomic mass is 32.2. The highest BCUT2D eigenvalue weighted by molar-refractivity contribution is 7.97. The van der Waals surface area contributed by atoms with Crippen LogP contribution in [0.1, 0.15) is 62.4 Å². The highest BCUT2D eigenvalue weighted by Crippen LogP contribution is 2.61. The average Bonchev–Trinajstić information content (AvgIpc) is 3.42. The zero-order valence-corrected chi connectivity index (χ0v) is 23.3. The first-order valence-electron chi connectivity index (χ1n) is 13.7. The zero-order chi connectivity index (χ0) is 28.7. The largest absolute Gasteiger partial charge is 0.454 e. The topological polar surface area (TPSA) is 150 Å². The number of hydrogen-bond donors (Lipinski definition) is 4. The Labute approximate surface area is 239 Å². The van der Waals surface area contributed by atoms with Gasteiger partial charge in [0.25, 0.3) is 17.4 Å². The van der Waals surface area contributed by atoms with Crippen molar-refractivity contribution in [1.29, 1.82) is 0 Å². The lowest BCUT2D eigenvalue weighted by Gasteiger charge is -2.34. The molecule has 0 radical (unpaired) electrons. The van der Waals surface area contributed by atoms with Crippen LogP contribution >= 0.6 is 11.9 Å². The van der Waals surface area contributed by atoms with Gasteiger partial charge >= 0.3 is 0 Å². The summed E-state index contributed by atoms with van der Waals surface area (Å²) in [5.74, 6) is -2.77. The van der Waals surface area contributed by atoms with Crippen molar-refractivity contribution < 1.29 is 24.4 Å². The third kappa shape index (κ3) is 3.78. The maximum atomic E-state index is 14.2. The molecule has 3 unspecified atom stereocenters. The normalized spacial score (nSPS) is 28.0. The Morgan fingerprint density at radius 1 is 1.24 bits per heavy atom. The van der Waals surface area contributed by atoms with Gasteiger partial charge in [-0.05, 0) is 60.4 Å². The molecule has 0 spiro atoms. The van der Waals surface area contributed by atoms with Crippen molar-refractivity contribution >= 4 is 29.3 Å². The van der Waals surface area contributed by atoms with Gasteiger partial charge in [0.1, 0.15) is 17.0 Å². The number of nitro groups is 1. The molecule has 11 nitrogen and oxygen atoms in total. The molecule has 1 amide bonds. The van der Waals surface area contributed by atoms with Crippen LogP contribution in [0.2, 0.25) is 0 Å². The van der Waals surface area contributed by atoms with Crippen LogP contribution in [0.5, 0.6) is 5.75 Å². The fraction of sp³-hybridized carbons (Fsp3) is 0.379. The molecule has 12 heteroatoms. The number of nitrogens with zero attached hydrogens (tertiary/aromatic N) is 2. The molecule has 4 aliphatic rings. The number of carbonyl (C=O) groups excluding carboxylic acids is 2. The van der Waals surface area contributed by atoms with E-state index < -0.39 is 33.6 Å². The summed E-state index contributed by atoms with van der Waals surface area (Å²) >= 11 is 1.51. The SMILES string of the molecule is Cc1cc(SN2CCNCC2)[nH]c1C(=O)NC12C(=O)c3cccc([N+](=O)[O-])c3C1(O)Oc1cc([C@H]3CC3C)ccc12. The van der Waals surface area contributed by atoms with Crippen molar-refractivity contribution in [3.63, 3.8) is 0 Å². The predicted molar refractivity (Wildman–Crippen MR) is 150 cm³/mol. The van der Waals surface area contributed by atoms with Crippen LogP contribution in [0, 0.1) is 23.0 Å². The lowest BCUT2D eigenvalue weighted by Crippen LogP contribution is -2.60. The molecule has 3 heterocycles. The number of Topliss-reactive ketones (excluding diaryl/α,β-unsaturated/α-hetero) is 1. The molecule has 1 saturated carbocycles. The van der Waals surface area contributed by atoms with Gasteiger partial charge in [0.05, 0.1) is 9.95 Å². The minimum Gasteiger partial charge on any atom is -0.454 e. The Morgan fingerprint density at radius 3 is 2.71 bits per heavy atom. The van der Waals surface area contributed by atoms with Gasteiger partial charge < -0.3 is 25.5 Å². The summed E-state index contributed by atoms with van der Waals surface area (Å²) in [6.45, 7) is 7.37. The molecule has 4 atom stereocenters. The number of piperazine rings is 1. The first-order valence-corrected chi connectivity index (χ1v) is 14.5. The molecule has 1 saturated heterocycles. The van der Waals surface area contributed by atoms with Gasteiger partial charge in [-0.2, -0.15) is 0 Å². The van der Waals surface area contributed by atoms with Crippen molar-refractivity contribution in [2.45, 2.75) is 42.5 Å². The number of H-pyrrole nitrogens is 1. The molecule has 2 aromatic carbocycles. The quantitative estimate of drug-likeness (QED) is 0.197. The minimum atomic E-state index is -2.52. The predicted octanol–water partition coefficient (Wildman–Crippen LogP) is 3.33. The number of fused-ring (bicyclic) bond motifs is 5. The molecular weight excluding hydrogens is 546 g/mol. The van der Waals surface area contributed by atoms with E-state index in [1.807, 2.05) is 12.1 Å². The molecule has 1 aromatic heterocycles. The lowest BCUT2D eigenvalue weighted by atomic mass is 9.82. The van der Waals surface area contributed by atoms with Gasteiger partial charge in [-0.15, -0.1) is 0 Å². The van der Waals surface area contributed by atoms with Gasteiger partial charge in [0, 0.05) is 43.4 Å². The van der Waals surface area contributed by atoms with Crippen molar-refractivity contribution in [2.75, 3.05) is 26.2 Å². The number of aryl methyl sites for hydroxylation is 1. The molecule has 4 N–H and O–H groups in total. The van der Waals surface area contributed by atoms with Crippen LogP contribution < -0.4 is 15.4 Å². The van der Waals surface area contributed by atoms with Crippen molar-refractivity contribution in [3.8, 4) is 5.75 Å². The highest BCUT2D eigenvalue weighted by Gasteiger charge is 2.73. The molecule has 7 rings (SSSR count). The number of aliphatic hydroxyl groups is 1. The van der Waals surface area contributed by atoms with Gasteiger partial charge in [0.15, 0.2) is 0 Å². The fourth-order valence-electron chi connectivity index (χ4n) is 6.45. The monoisotopic (exact) mass is 575 g/mol. The van der Waals surface area contributed by atoms with E-state index in [1.54, 1.807) is 19.1 Å². The minimum absolute atomic E-state index is 0.0642. The van der Waals surface area contributed by atoms with Crippen LogP contribution in [0.3, 0.4) is 0 Å². The van der Waals surface area contributed by atoms with E-state index in [2.05, 4.69) is 26.8 Å². The number of benzene rings is 2. The number of amides is 1. The molecule has 2 aliphatic carbocycles. The number of ketones is 1. The van der Waals surface area contributed by atoms with Crippen LogP contribution in [0.4, 0.5) is 5.69 Å². The zero-order valence-electron chi connectivity index (χ0n) is 22.5.